The number of carbonyl (C=O) groups is 3. The van der Waals surface area contributed by atoms with Crippen molar-refractivity contribution >= 4 is 29.9 Å². The lowest BCUT2D eigenvalue weighted by Crippen LogP contribution is -2.60. The molecule has 55 heavy (non-hydrogen) atoms. The van der Waals surface area contributed by atoms with Gasteiger partial charge in [0.15, 0.2) is 6.29 Å². The summed E-state index contributed by atoms with van der Waals surface area (Å²) in [5, 5.41) is 18.2. The van der Waals surface area contributed by atoms with Crippen molar-refractivity contribution in [2.45, 2.75) is 129 Å². The van der Waals surface area contributed by atoms with E-state index in [0.29, 0.717) is 44.1 Å². The standard InChI is InChI=1S/C24H39F2N7O2.C6H8N2O.C5H9NO.CHF3/c1-15-13-31(11-12-32(15)22(34)35-23(3,4)5)20-16(2)30-33-14-18(28-21(33)29-20)19(27-6)17-7-9-24(25,26)10-8-17;1-2-8-6(5-9)3-4-7-8;7-5-3-1-2-4-6-5;2-1(3)4/h14-15,17,19-20,27H,7-13H2,1-6H3,(H,28,29);3-5H,2H2,1H3;1-4H2,(H,6,7);1H. The molecule has 19 heteroatoms. The molecule has 2 saturated heterocycles. The lowest BCUT2D eigenvalue weighted by molar-refractivity contribution is -0.122. The van der Waals surface area contributed by atoms with Crippen LogP contribution in [0.4, 0.5) is 32.7 Å². The van der Waals surface area contributed by atoms with Crippen LogP contribution in [0.5, 0.6) is 0 Å². The van der Waals surface area contributed by atoms with E-state index in [9.17, 15) is 36.3 Å². The predicted molar refractivity (Wildman–Crippen MR) is 198 cm³/mol. The Morgan fingerprint density at radius 3 is 2.33 bits per heavy atom. The summed E-state index contributed by atoms with van der Waals surface area (Å²) in [6.45, 7) is 11.4. The number of rotatable bonds is 6. The number of amides is 2. The lowest BCUT2D eigenvalue weighted by atomic mass is 9.81. The van der Waals surface area contributed by atoms with Crippen LogP contribution >= 0.6 is 0 Å². The zero-order valence-corrected chi connectivity index (χ0v) is 32.8. The molecule has 4 aliphatic rings. The van der Waals surface area contributed by atoms with E-state index < -0.39 is 18.2 Å². The van der Waals surface area contributed by atoms with Crippen molar-refractivity contribution in [1.82, 2.24) is 39.9 Å². The largest absolute Gasteiger partial charge is 0.444 e. The molecule has 0 radical (unpaired) electrons. The number of ether oxygens (including phenoxy) is 1. The van der Waals surface area contributed by atoms with Gasteiger partial charge in [0.25, 0.3) is 0 Å². The number of piperidine rings is 1. The molecule has 1 saturated carbocycles. The summed E-state index contributed by atoms with van der Waals surface area (Å²) in [4.78, 5) is 42.0. The van der Waals surface area contributed by atoms with Crippen molar-refractivity contribution in [2.75, 3.05) is 38.5 Å². The fourth-order valence-corrected chi connectivity index (χ4v) is 6.79. The Hall–Kier alpha value is -4.13. The first-order valence-corrected chi connectivity index (χ1v) is 18.7. The SMILES string of the molecule is CCn1nccc1C=O.CNC(c1cn2c(n1)NC(N1CCN(C(=O)OC(C)(C)C)C(C)C1)C(C)=N2)C1CCC(F)(F)CC1.FC(F)F.O=C1CCCCN1. The highest BCUT2D eigenvalue weighted by Gasteiger charge is 2.40. The van der Waals surface area contributed by atoms with Crippen molar-refractivity contribution in [3.8, 4) is 0 Å². The number of nitrogens with zero attached hydrogens (tertiary/aromatic N) is 7. The molecular weight excluding hydrogens is 731 g/mol. The van der Waals surface area contributed by atoms with Gasteiger partial charge in [-0.1, -0.05) is 0 Å². The van der Waals surface area contributed by atoms with Crippen LogP contribution in [0.2, 0.25) is 0 Å². The fraction of sp³-hybridized carbons (Fsp3) is 0.722. The second-order valence-electron chi connectivity index (χ2n) is 14.8. The molecule has 2 aromatic heterocycles. The van der Waals surface area contributed by atoms with Crippen LogP contribution in [-0.2, 0) is 16.1 Å². The number of aromatic nitrogens is 4. The number of carbonyl (C=O) groups excluding carboxylic acids is 3. The van der Waals surface area contributed by atoms with Crippen LogP contribution in [0, 0.1) is 5.92 Å². The zero-order chi connectivity index (χ0) is 40.9. The van der Waals surface area contributed by atoms with Gasteiger partial charge in [-0.15, -0.1) is 0 Å². The van der Waals surface area contributed by atoms with Gasteiger partial charge in [0.2, 0.25) is 17.8 Å². The van der Waals surface area contributed by atoms with Gasteiger partial charge in [0.05, 0.1) is 23.6 Å². The third kappa shape index (κ3) is 14.1. The monoisotopic (exact) mass is 788 g/mol. The van der Waals surface area contributed by atoms with E-state index in [1.165, 1.54) is 0 Å². The van der Waals surface area contributed by atoms with Crippen molar-refractivity contribution in [3.05, 3.63) is 29.8 Å². The molecular formula is C36H57F5N10O4. The quantitative estimate of drug-likeness (QED) is 0.234. The van der Waals surface area contributed by atoms with Crippen molar-refractivity contribution in [3.63, 3.8) is 0 Å². The number of aldehydes is 1. The number of hydrogen-bond donors (Lipinski definition) is 3. The van der Waals surface area contributed by atoms with Crippen LogP contribution in [0.15, 0.2) is 23.6 Å². The normalized spacial score (nSPS) is 21.8. The van der Waals surface area contributed by atoms with E-state index in [1.807, 2.05) is 54.8 Å². The molecule has 0 aromatic carbocycles. The summed E-state index contributed by atoms with van der Waals surface area (Å²) >= 11 is 0. The highest BCUT2D eigenvalue weighted by Crippen LogP contribution is 2.41. The molecule has 3 unspecified atom stereocenters. The van der Waals surface area contributed by atoms with E-state index in [1.54, 1.807) is 26.5 Å². The van der Waals surface area contributed by atoms with E-state index in [2.05, 4.69) is 25.9 Å². The Balaban J connectivity index is 0.000000328. The highest BCUT2D eigenvalue weighted by molar-refractivity contribution is 5.90. The maximum atomic E-state index is 13.7. The maximum Gasteiger partial charge on any atom is 0.410 e. The first kappa shape index (κ1) is 45.3. The summed E-state index contributed by atoms with van der Waals surface area (Å²) in [5.74, 6) is -1.59. The van der Waals surface area contributed by atoms with E-state index in [4.69, 9.17) is 14.8 Å². The molecule has 3 N–H and O–H groups in total. The van der Waals surface area contributed by atoms with Gasteiger partial charge in [-0.2, -0.15) is 23.4 Å². The predicted octanol–water partition coefficient (Wildman–Crippen LogP) is 6.07. The number of anilines is 1. The molecule has 1 aliphatic carbocycles. The number of aryl methyl sites for hydroxylation is 1. The highest BCUT2D eigenvalue weighted by atomic mass is 19.4. The first-order valence-electron chi connectivity index (χ1n) is 18.7. The van der Waals surface area contributed by atoms with Crippen LogP contribution in [0.1, 0.15) is 109 Å². The van der Waals surface area contributed by atoms with Crippen LogP contribution in [0.3, 0.4) is 0 Å². The van der Waals surface area contributed by atoms with E-state index in [0.717, 1.165) is 50.0 Å². The smallest absolute Gasteiger partial charge is 0.410 e. The molecule has 310 valence electrons. The van der Waals surface area contributed by atoms with Gasteiger partial charge in [0, 0.05) is 64.2 Å². The van der Waals surface area contributed by atoms with Crippen LogP contribution in [0.25, 0.3) is 0 Å². The summed E-state index contributed by atoms with van der Waals surface area (Å²) in [6.07, 6.45) is 7.65. The second-order valence-corrected chi connectivity index (χ2v) is 14.8. The average molecular weight is 789 g/mol. The lowest BCUT2D eigenvalue weighted by Gasteiger charge is -2.43. The summed E-state index contributed by atoms with van der Waals surface area (Å²) in [6, 6.07) is 1.58. The molecule has 5 heterocycles. The van der Waals surface area contributed by atoms with Gasteiger partial charge in [0.1, 0.15) is 17.5 Å². The Bertz CT molecular complexity index is 1540. The third-order valence-corrected chi connectivity index (χ3v) is 9.47. The summed E-state index contributed by atoms with van der Waals surface area (Å²) in [7, 11) is 1.85. The minimum absolute atomic E-state index is 0.0106. The maximum absolute atomic E-state index is 13.7. The molecule has 3 atom stereocenters. The van der Waals surface area contributed by atoms with E-state index in [-0.39, 0.29) is 49.0 Å². The molecule has 0 spiro atoms. The molecule has 14 nitrogen and oxygen atoms in total. The molecule has 3 fully saturated rings. The number of hydrogen-bond acceptors (Lipinski definition) is 10. The Morgan fingerprint density at radius 1 is 1.16 bits per heavy atom. The number of fused-ring (bicyclic) bond motifs is 1. The van der Waals surface area contributed by atoms with Crippen molar-refractivity contribution in [2.24, 2.45) is 11.0 Å². The Labute approximate surface area is 319 Å². The van der Waals surface area contributed by atoms with Crippen molar-refractivity contribution in [1.29, 1.82) is 0 Å². The van der Waals surface area contributed by atoms with E-state index >= 15 is 0 Å². The Morgan fingerprint density at radius 2 is 1.84 bits per heavy atom. The molecule has 2 aromatic rings. The van der Waals surface area contributed by atoms with Crippen molar-refractivity contribution < 1.29 is 41.1 Å². The minimum atomic E-state index is -3.67. The topological polar surface area (TPSA) is 151 Å². The summed E-state index contributed by atoms with van der Waals surface area (Å²) in [5.41, 5.74) is 1.82. The third-order valence-electron chi connectivity index (χ3n) is 9.47. The minimum Gasteiger partial charge on any atom is -0.444 e. The number of piperazine rings is 1. The second kappa shape index (κ2) is 20.7. The number of alkyl halides is 5. The van der Waals surface area contributed by atoms with Gasteiger partial charge >= 0.3 is 12.8 Å². The molecule has 2 amide bonds. The molecule has 3 aliphatic heterocycles. The van der Waals surface area contributed by atoms with Crippen LogP contribution < -0.4 is 16.0 Å². The van der Waals surface area contributed by atoms with Gasteiger partial charge in [-0.05, 0) is 86.3 Å². The molecule has 0 bridgehead atoms. The number of nitrogens with one attached hydrogen (secondary N) is 3. The average Bonchev–Trinajstić information content (AvgIpc) is 3.75. The summed E-state index contributed by atoms with van der Waals surface area (Å²) < 4.78 is 65.3. The van der Waals surface area contributed by atoms with Gasteiger partial charge < -0.3 is 25.6 Å². The zero-order valence-electron chi connectivity index (χ0n) is 32.8. The van der Waals surface area contributed by atoms with Gasteiger partial charge in [-0.25, -0.2) is 23.2 Å². The molecule has 6 rings (SSSR count). The number of halogens is 5. The Kier molecular flexibility index (Phi) is 17.0. The van der Waals surface area contributed by atoms with Crippen LogP contribution in [-0.4, -0.2) is 117 Å². The van der Waals surface area contributed by atoms with Gasteiger partial charge in [-0.3, -0.25) is 19.2 Å². The fourth-order valence-electron chi connectivity index (χ4n) is 6.79. The first-order chi connectivity index (χ1) is 25.9. The number of imidazole rings is 1.